The fourth-order valence-corrected chi connectivity index (χ4v) is 4.56. The van der Waals surface area contributed by atoms with E-state index < -0.39 is 12.3 Å². The number of ether oxygens (including phenoxy) is 1. The van der Waals surface area contributed by atoms with E-state index in [-0.39, 0.29) is 29.9 Å². The number of aliphatic carboxylic acids is 1. The molecule has 0 spiro atoms. The summed E-state index contributed by atoms with van der Waals surface area (Å²) in [6, 6.07) is 7.34. The van der Waals surface area contributed by atoms with Crippen LogP contribution in [0.1, 0.15) is 38.5 Å². The van der Waals surface area contributed by atoms with Gasteiger partial charge >= 0.3 is 12.3 Å². The summed E-state index contributed by atoms with van der Waals surface area (Å²) in [4.78, 5) is 23.4. The van der Waals surface area contributed by atoms with Crippen LogP contribution in [0, 0.1) is 11.8 Å². The van der Waals surface area contributed by atoms with E-state index in [2.05, 4.69) is 10.1 Å². The third kappa shape index (κ3) is 6.48. The zero-order valence-electron chi connectivity index (χ0n) is 16.1. The van der Waals surface area contributed by atoms with Crippen LogP contribution in [-0.2, 0) is 9.59 Å². The molecule has 1 aliphatic carbocycles. The molecule has 3 rings (SSSR count). The first-order valence-electron chi connectivity index (χ1n) is 9.67. The highest BCUT2D eigenvalue weighted by Crippen LogP contribution is 2.35. The van der Waals surface area contributed by atoms with Gasteiger partial charge in [-0.15, -0.1) is 24.5 Å². The van der Waals surface area contributed by atoms with Crippen molar-refractivity contribution in [2.24, 2.45) is 11.8 Å². The second-order valence-electron chi connectivity index (χ2n) is 7.42. The number of benzene rings is 1. The first kappa shape index (κ1) is 22.1. The first-order chi connectivity index (χ1) is 14.2. The van der Waals surface area contributed by atoms with Crippen molar-refractivity contribution in [1.82, 2.24) is 0 Å². The molecule has 9 heteroatoms. The second-order valence-corrected chi connectivity index (χ2v) is 8.33. The van der Waals surface area contributed by atoms with E-state index in [4.69, 9.17) is 5.11 Å². The normalized spacial score (nSPS) is 19.3. The minimum atomic E-state index is -4.73. The van der Waals surface area contributed by atoms with Crippen LogP contribution in [-0.4, -0.2) is 23.3 Å². The van der Waals surface area contributed by atoms with Crippen molar-refractivity contribution in [2.45, 2.75) is 44.9 Å². The van der Waals surface area contributed by atoms with Crippen molar-refractivity contribution in [3.63, 3.8) is 0 Å². The van der Waals surface area contributed by atoms with E-state index in [0.717, 1.165) is 24.8 Å². The molecule has 1 aromatic carbocycles. The smallest absolute Gasteiger partial charge is 0.481 e. The highest BCUT2D eigenvalue weighted by molar-refractivity contribution is 7.14. The lowest BCUT2D eigenvalue weighted by Gasteiger charge is -2.27. The van der Waals surface area contributed by atoms with Gasteiger partial charge in [-0.2, -0.15) is 0 Å². The van der Waals surface area contributed by atoms with Gasteiger partial charge in [0.25, 0.3) is 0 Å². The molecule has 1 amide bonds. The van der Waals surface area contributed by atoms with E-state index in [9.17, 15) is 22.8 Å². The molecule has 2 unspecified atom stereocenters. The van der Waals surface area contributed by atoms with E-state index in [1.54, 1.807) is 6.07 Å². The molecule has 30 heavy (non-hydrogen) atoms. The fourth-order valence-electron chi connectivity index (χ4n) is 3.74. The topological polar surface area (TPSA) is 75.6 Å². The number of carboxylic acids is 1. The predicted molar refractivity (Wildman–Crippen MR) is 107 cm³/mol. The van der Waals surface area contributed by atoms with Crippen LogP contribution in [0.25, 0.3) is 11.1 Å². The van der Waals surface area contributed by atoms with Gasteiger partial charge in [0.15, 0.2) is 0 Å². The molecule has 1 heterocycles. The Hall–Kier alpha value is -2.55. The second kappa shape index (κ2) is 9.51. The van der Waals surface area contributed by atoms with Crippen molar-refractivity contribution in [2.75, 3.05) is 5.32 Å². The molecular weight excluding hydrogens is 419 g/mol. The fraction of sp³-hybridized carbons (Fsp3) is 0.429. The summed E-state index contributed by atoms with van der Waals surface area (Å²) in [5.41, 5.74) is 1.50. The number of thiophene rings is 1. The summed E-state index contributed by atoms with van der Waals surface area (Å²) < 4.78 is 40.6. The third-order valence-electron chi connectivity index (χ3n) is 5.19. The lowest BCUT2D eigenvalue weighted by atomic mass is 9.79. The number of alkyl halides is 3. The summed E-state index contributed by atoms with van der Waals surface area (Å²) in [6.07, 6.45) is -0.672. The molecule has 0 radical (unpaired) electrons. The molecule has 2 atom stereocenters. The number of halogens is 3. The number of anilines is 1. The van der Waals surface area contributed by atoms with Crippen molar-refractivity contribution in [3.05, 3.63) is 35.7 Å². The van der Waals surface area contributed by atoms with Crippen LogP contribution in [0.15, 0.2) is 35.7 Å². The molecule has 1 fully saturated rings. The SMILES string of the molecule is O=C(O)CCC1CCCC(C(=O)Nc2cc(-c3ccc(OC(F)(F)F)cc3)cs2)C1. The largest absolute Gasteiger partial charge is 0.573 e. The average Bonchev–Trinajstić information content (AvgIpc) is 3.14. The molecule has 0 saturated heterocycles. The number of carboxylic acid groups (broad SMARTS) is 1. The summed E-state index contributed by atoms with van der Waals surface area (Å²) in [6.45, 7) is 0. The van der Waals surface area contributed by atoms with Gasteiger partial charge in [-0.05, 0) is 54.5 Å². The van der Waals surface area contributed by atoms with E-state index in [1.165, 1.54) is 35.6 Å². The number of carbonyl (C=O) groups excluding carboxylic acids is 1. The summed E-state index contributed by atoms with van der Waals surface area (Å²) in [5.74, 6) is -1.06. The lowest BCUT2D eigenvalue weighted by molar-refractivity contribution is -0.274. The van der Waals surface area contributed by atoms with E-state index in [1.807, 2.05) is 5.38 Å². The molecular formula is C21H22F3NO4S. The van der Waals surface area contributed by atoms with Gasteiger partial charge in [-0.25, -0.2) is 0 Å². The predicted octanol–water partition coefficient (Wildman–Crippen LogP) is 5.92. The number of amides is 1. The van der Waals surface area contributed by atoms with Crippen LogP contribution in [0.3, 0.4) is 0 Å². The molecule has 162 valence electrons. The summed E-state index contributed by atoms with van der Waals surface area (Å²) >= 11 is 1.34. The van der Waals surface area contributed by atoms with Gasteiger partial charge in [0.1, 0.15) is 5.75 Å². The Morgan fingerprint density at radius 3 is 2.57 bits per heavy atom. The van der Waals surface area contributed by atoms with Gasteiger partial charge in [-0.3, -0.25) is 9.59 Å². The number of hydrogen-bond acceptors (Lipinski definition) is 4. The molecule has 5 nitrogen and oxygen atoms in total. The third-order valence-corrected chi connectivity index (χ3v) is 6.03. The number of nitrogens with one attached hydrogen (secondary N) is 1. The Bertz CT molecular complexity index is 879. The molecule has 2 aromatic rings. The average molecular weight is 441 g/mol. The molecule has 0 bridgehead atoms. The Balaban J connectivity index is 1.57. The minimum Gasteiger partial charge on any atom is -0.481 e. The Labute approximate surface area is 175 Å². The molecule has 2 N–H and O–H groups in total. The lowest BCUT2D eigenvalue weighted by Crippen LogP contribution is -2.28. The van der Waals surface area contributed by atoms with E-state index in [0.29, 0.717) is 23.4 Å². The number of carbonyl (C=O) groups is 2. The van der Waals surface area contributed by atoms with Gasteiger partial charge in [0, 0.05) is 17.7 Å². The number of hydrogen-bond donors (Lipinski definition) is 2. The zero-order valence-corrected chi connectivity index (χ0v) is 16.9. The van der Waals surface area contributed by atoms with Gasteiger partial charge in [0.2, 0.25) is 5.91 Å². The standard InChI is InChI=1S/C21H22F3NO4S/c22-21(23,24)29-17-7-5-14(6-8-17)16-11-18(30-12-16)25-20(28)15-3-1-2-13(10-15)4-9-19(26)27/h5-8,11-13,15H,1-4,9-10H2,(H,25,28)(H,26,27). The molecule has 1 aliphatic rings. The minimum absolute atomic E-state index is 0.0719. The quantitative estimate of drug-likeness (QED) is 0.559. The maximum Gasteiger partial charge on any atom is 0.573 e. The van der Waals surface area contributed by atoms with Crippen molar-refractivity contribution >= 4 is 28.2 Å². The van der Waals surface area contributed by atoms with Gasteiger partial charge < -0.3 is 15.2 Å². The van der Waals surface area contributed by atoms with Crippen LogP contribution < -0.4 is 10.1 Å². The maximum atomic E-state index is 12.6. The Morgan fingerprint density at radius 1 is 1.17 bits per heavy atom. The molecule has 1 saturated carbocycles. The monoisotopic (exact) mass is 441 g/mol. The van der Waals surface area contributed by atoms with Gasteiger partial charge in [0.05, 0.1) is 5.00 Å². The Kier molecular flexibility index (Phi) is 7.02. The van der Waals surface area contributed by atoms with Crippen LogP contribution in [0.2, 0.25) is 0 Å². The van der Waals surface area contributed by atoms with Crippen LogP contribution in [0.4, 0.5) is 18.2 Å². The molecule has 1 aromatic heterocycles. The van der Waals surface area contributed by atoms with Crippen LogP contribution in [0.5, 0.6) is 5.75 Å². The zero-order chi connectivity index (χ0) is 21.7. The van der Waals surface area contributed by atoms with E-state index >= 15 is 0 Å². The summed E-state index contributed by atoms with van der Waals surface area (Å²) in [7, 11) is 0. The number of rotatable bonds is 7. The summed E-state index contributed by atoms with van der Waals surface area (Å²) in [5, 5.41) is 14.3. The highest BCUT2D eigenvalue weighted by Gasteiger charge is 2.31. The first-order valence-corrected chi connectivity index (χ1v) is 10.5. The van der Waals surface area contributed by atoms with Gasteiger partial charge in [-0.1, -0.05) is 25.0 Å². The molecule has 0 aliphatic heterocycles. The maximum absolute atomic E-state index is 12.6. The Morgan fingerprint density at radius 2 is 1.90 bits per heavy atom. The van der Waals surface area contributed by atoms with Crippen molar-refractivity contribution < 1.29 is 32.6 Å². The highest BCUT2D eigenvalue weighted by atomic mass is 32.1. The van der Waals surface area contributed by atoms with Crippen molar-refractivity contribution in [3.8, 4) is 16.9 Å². The van der Waals surface area contributed by atoms with Crippen molar-refractivity contribution in [1.29, 1.82) is 0 Å². The van der Waals surface area contributed by atoms with Crippen LogP contribution >= 0.6 is 11.3 Å².